The van der Waals surface area contributed by atoms with Gasteiger partial charge in [0.25, 0.3) is 0 Å². The molecule has 3 rings (SSSR count). The second-order valence-corrected chi connectivity index (χ2v) is 8.89. The van der Waals surface area contributed by atoms with Crippen molar-refractivity contribution in [2.24, 2.45) is 0 Å². The van der Waals surface area contributed by atoms with E-state index in [0.29, 0.717) is 0 Å². The molecule has 0 aliphatic carbocycles. The summed E-state index contributed by atoms with van der Waals surface area (Å²) in [7, 11) is 0. The van der Waals surface area contributed by atoms with Crippen LogP contribution in [0.4, 0.5) is 0 Å². The lowest BCUT2D eigenvalue weighted by atomic mass is 10.1. The average Bonchev–Trinajstić information content (AvgIpc) is 2.91. The molecule has 1 aliphatic heterocycles. The van der Waals surface area contributed by atoms with E-state index in [1.54, 1.807) is 11.3 Å². The van der Waals surface area contributed by atoms with Gasteiger partial charge >= 0.3 is 0 Å². The van der Waals surface area contributed by atoms with Crippen molar-refractivity contribution in [3.63, 3.8) is 0 Å². The molecular weight excluding hydrogens is 444 g/mol. The quantitative estimate of drug-likeness (QED) is 0.530. The van der Waals surface area contributed by atoms with Gasteiger partial charge in [-0.15, -0.1) is 11.3 Å². The summed E-state index contributed by atoms with van der Waals surface area (Å²) in [6.45, 7) is 0. The molecule has 0 fully saturated rings. The first-order valence-corrected chi connectivity index (χ1v) is 8.80. The number of benzene rings is 1. The molecule has 0 bridgehead atoms. The second-order valence-electron chi connectivity index (χ2n) is 4.15. The molecule has 1 aromatic heterocycles. The molecule has 0 saturated carbocycles. The Bertz CT molecular complexity index is 556. The van der Waals surface area contributed by atoms with E-state index in [4.69, 9.17) is 4.74 Å². The molecule has 0 radical (unpaired) electrons. The first kappa shape index (κ1) is 13.2. The molecule has 2 heterocycles. The van der Waals surface area contributed by atoms with Gasteiger partial charge in [0, 0.05) is 6.42 Å². The lowest BCUT2D eigenvalue weighted by Crippen LogP contribution is -2.18. The Morgan fingerprint density at radius 2 is 2.06 bits per heavy atom. The molecule has 2 atom stereocenters. The number of halogens is 3. The van der Waals surface area contributed by atoms with E-state index < -0.39 is 0 Å². The maximum atomic E-state index is 6.01. The fourth-order valence-electron chi connectivity index (χ4n) is 2.11. The minimum atomic E-state index is 0.153. The van der Waals surface area contributed by atoms with Crippen LogP contribution in [0.2, 0.25) is 0 Å². The van der Waals surface area contributed by atoms with Crippen LogP contribution in [-0.4, -0.2) is 6.10 Å². The van der Waals surface area contributed by atoms with Crippen LogP contribution in [0, 0.1) is 0 Å². The van der Waals surface area contributed by atoms with Crippen LogP contribution < -0.4 is 4.74 Å². The third-order valence-corrected chi connectivity index (χ3v) is 6.45. The molecule has 0 amide bonds. The summed E-state index contributed by atoms with van der Waals surface area (Å²) in [6, 6.07) is 10.4. The van der Waals surface area contributed by atoms with Gasteiger partial charge in [-0.05, 0) is 55.1 Å². The van der Waals surface area contributed by atoms with Gasteiger partial charge < -0.3 is 4.74 Å². The Kier molecular flexibility index (Phi) is 3.85. The van der Waals surface area contributed by atoms with E-state index in [2.05, 4.69) is 66.0 Å². The molecule has 18 heavy (non-hydrogen) atoms. The van der Waals surface area contributed by atoms with Crippen molar-refractivity contribution in [2.75, 3.05) is 0 Å². The van der Waals surface area contributed by atoms with Crippen LogP contribution in [0.5, 0.6) is 5.75 Å². The summed E-state index contributed by atoms with van der Waals surface area (Å²) in [6.07, 6.45) is 1.10. The Hall–Kier alpha value is 0.160. The molecule has 1 aromatic carbocycles. The standard InChI is InChI=1S/C13H9Br3OS/c14-11-6-8(13(16)18-11)12(15)10-5-7-3-1-2-4-9(7)17-10/h1-4,6,10,12H,5H2. The minimum Gasteiger partial charge on any atom is -0.488 e. The van der Waals surface area contributed by atoms with Crippen molar-refractivity contribution in [3.05, 3.63) is 49.0 Å². The monoisotopic (exact) mass is 450 g/mol. The van der Waals surface area contributed by atoms with Gasteiger partial charge in [-0.2, -0.15) is 0 Å². The number of hydrogen-bond acceptors (Lipinski definition) is 2. The van der Waals surface area contributed by atoms with Crippen LogP contribution in [0.1, 0.15) is 16.0 Å². The molecule has 5 heteroatoms. The smallest absolute Gasteiger partial charge is 0.123 e. The SMILES string of the molecule is Brc1cc(C(Br)C2Cc3ccccc3O2)c(Br)s1. The Morgan fingerprint density at radius 3 is 2.72 bits per heavy atom. The summed E-state index contributed by atoms with van der Waals surface area (Å²) in [5, 5.41) is 0. The summed E-state index contributed by atoms with van der Waals surface area (Å²) in [5.74, 6) is 1.01. The molecule has 2 unspecified atom stereocenters. The Morgan fingerprint density at radius 1 is 1.28 bits per heavy atom. The highest BCUT2D eigenvalue weighted by Gasteiger charge is 2.31. The third-order valence-electron chi connectivity index (χ3n) is 2.98. The zero-order valence-corrected chi connectivity index (χ0v) is 14.8. The van der Waals surface area contributed by atoms with Gasteiger partial charge in [-0.3, -0.25) is 0 Å². The zero-order valence-electron chi connectivity index (χ0n) is 9.20. The molecule has 0 saturated heterocycles. The van der Waals surface area contributed by atoms with E-state index in [-0.39, 0.29) is 10.9 Å². The molecule has 1 aliphatic rings. The first-order chi connectivity index (χ1) is 8.65. The van der Waals surface area contributed by atoms with Gasteiger partial charge in [0.2, 0.25) is 0 Å². The van der Waals surface area contributed by atoms with Crippen LogP contribution in [-0.2, 0) is 6.42 Å². The number of para-hydroxylation sites is 1. The Labute approximate surface area is 135 Å². The molecule has 1 nitrogen and oxygen atoms in total. The average molecular weight is 453 g/mol. The topological polar surface area (TPSA) is 9.23 Å². The first-order valence-electron chi connectivity index (χ1n) is 5.48. The normalized spacial score (nSPS) is 19.4. The second kappa shape index (κ2) is 5.27. The molecule has 0 N–H and O–H groups in total. The predicted molar refractivity (Wildman–Crippen MR) is 85.9 cm³/mol. The van der Waals surface area contributed by atoms with E-state index >= 15 is 0 Å². The largest absolute Gasteiger partial charge is 0.488 e. The van der Waals surface area contributed by atoms with Gasteiger partial charge in [0.05, 0.1) is 12.4 Å². The fraction of sp³-hybridized carbons (Fsp3) is 0.231. The van der Waals surface area contributed by atoms with Gasteiger partial charge in [-0.1, -0.05) is 34.1 Å². The van der Waals surface area contributed by atoms with Gasteiger partial charge in [-0.25, -0.2) is 0 Å². The number of fused-ring (bicyclic) bond motifs is 1. The molecule has 0 spiro atoms. The van der Waals surface area contributed by atoms with E-state index in [1.165, 1.54) is 11.1 Å². The number of alkyl halides is 1. The highest BCUT2D eigenvalue weighted by molar-refractivity contribution is 9.12. The fourth-order valence-corrected chi connectivity index (χ4v) is 6.16. The lowest BCUT2D eigenvalue weighted by Gasteiger charge is -2.17. The number of ether oxygens (including phenoxy) is 1. The predicted octanol–water partition coefficient (Wildman–Crippen LogP) is 5.71. The summed E-state index contributed by atoms with van der Waals surface area (Å²) >= 11 is 12.6. The van der Waals surface area contributed by atoms with Crippen molar-refractivity contribution >= 4 is 59.1 Å². The minimum absolute atomic E-state index is 0.153. The highest BCUT2D eigenvalue weighted by Crippen LogP contribution is 2.44. The number of thiophene rings is 1. The van der Waals surface area contributed by atoms with E-state index in [1.807, 2.05) is 12.1 Å². The van der Waals surface area contributed by atoms with Crippen molar-refractivity contribution in [1.29, 1.82) is 0 Å². The van der Waals surface area contributed by atoms with Crippen molar-refractivity contribution in [2.45, 2.75) is 17.4 Å². The summed E-state index contributed by atoms with van der Waals surface area (Å²) < 4.78 is 8.29. The van der Waals surface area contributed by atoms with Crippen molar-refractivity contribution in [1.82, 2.24) is 0 Å². The Balaban J connectivity index is 1.84. The van der Waals surface area contributed by atoms with E-state index in [9.17, 15) is 0 Å². The summed E-state index contributed by atoms with van der Waals surface area (Å²) in [5.41, 5.74) is 2.53. The van der Waals surface area contributed by atoms with Crippen molar-refractivity contribution in [3.8, 4) is 5.75 Å². The maximum absolute atomic E-state index is 6.01. The van der Waals surface area contributed by atoms with Gasteiger partial charge in [0.15, 0.2) is 0 Å². The number of hydrogen-bond donors (Lipinski definition) is 0. The number of rotatable bonds is 2. The lowest BCUT2D eigenvalue weighted by molar-refractivity contribution is 0.232. The zero-order chi connectivity index (χ0) is 12.7. The van der Waals surface area contributed by atoms with Crippen LogP contribution in [0.15, 0.2) is 37.9 Å². The van der Waals surface area contributed by atoms with Crippen LogP contribution in [0.25, 0.3) is 0 Å². The van der Waals surface area contributed by atoms with E-state index in [0.717, 1.165) is 19.7 Å². The molecule has 2 aromatic rings. The maximum Gasteiger partial charge on any atom is 0.123 e. The van der Waals surface area contributed by atoms with Crippen molar-refractivity contribution < 1.29 is 4.74 Å². The molecular formula is C13H9Br3OS. The molecule has 94 valence electrons. The third kappa shape index (κ3) is 2.42. The summed E-state index contributed by atoms with van der Waals surface area (Å²) in [4.78, 5) is 0.196. The van der Waals surface area contributed by atoms with Gasteiger partial charge in [0.1, 0.15) is 11.9 Å². The van der Waals surface area contributed by atoms with Crippen LogP contribution >= 0.6 is 59.1 Å². The van der Waals surface area contributed by atoms with Crippen LogP contribution in [0.3, 0.4) is 0 Å². The highest BCUT2D eigenvalue weighted by atomic mass is 79.9.